The normalized spacial score (nSPS) is 17.4. The van der Waals surface area contributed by atoms with E-state index in [1.807, 2.05) is 54.6 Å². The zero-order chi connectivity index (χ0) is 27.0. The van der Waals surface area contributed by atoms with Crippen LogP contribution >= 0.6 is 0 Å². The molecule has 0 radical (unpaired) electrons. The molecule has 1 unspecified atom stereocenters. The molecule has 2 amide bonds. The first-order valence-electron chi connectivity index (χ1n) is 13.8. The molecule has 1 aliphatic carbocycles. The van der Waals surface area contributed by atoms with Gasteiger partial charge in [-0.1, -0.05) is 93.6 Å². The lowest BCUT2D eigenvalue weighted by molar-refractivity contribution is -0.123. The van der Waals surface area contributed by atoms with Gasteiger partial charge in [0, 0.05) is 24.1 Å². The molecule has 0 aromatic heterocycles. The maximum absolute atomic E-state index is 13.1. The van der Waals surface area contributed by atoms with Gasteiger partial charge >= 0.3 is 0 Å². The summed E-state index contributed by atoms with van der Waals surface area (Å²) >= 11 is 0. The Labute approximate surface area is 227 Å². The Bertz CT molecular complexity index is 1170. The minimum Gasteiger partial charge on any atom is -0.350 e. The largest absolute Gasteiger partial charge is 0.350 e. The molecule has 3 atom stereocenters. The number of nitrogens with one attached hydrogen (secondary N) is 3. The predicted octanol–water partition coefficient (Wildman–Crippen LogP) is 5.71. The minimum atomic E-state index is -0.577. The van der Waals surface area contributed by atoms with Gasteiger partial charge in [-0.05, 0) is 66.5 Å². The molecule has 0 spiro atoms. The molecule has 3 aromatic carbocycles. The highest BCUT2D eigenvalue weighted by Crippen LogP contribution is 2.40. The maximum Gasteiger partial charge on any atom is 0.251 e. The summed E-state index contributed by atoms with van der Waals surface area (Å²) in [6.45, 7) is 7.80. The molecule has 3 N–H and O–H groups in total. The monoisotopic (exact) mass is 511 g/mol. The molecule has 1 aliphatic rings. The van der Waals surface area contributed by atoms with Gasteiger partial charge in [-0.2, -0.15) is 0 Å². The van der Waals surface area contributed by atoms with E-state index in [9.17, 15) is 9.59 Å². The fourth-order valence-electron chi connectivity index (χ4n) is 4.79. The first kappa shape index (κ1) is 27.6. The number of hydrogen-bond donors (Lipinski definition) is 3. The van der Waals surface area contributed by atoms with Gasteiger partial charge < -0.3 is 16.0 Å². The Morgan fingerprint density at radius 2 is 1.53 bits per heavy atom. The van der Waals surface area contributed by atoms with Crippen LogP contribution in [0.2, 0.25) is 0 Å². The van der Waals surface area contributed by atoms with Gasteiger partial charge in [0.05, 0.1) is 0 Å². The maximum atomic E-state index is 13.1. The van der Waals surface area contributed by atoms with Gasteiger partial charge in [0.15, 0.2) is 0 Å². The summed E-state index contributed by atoms with van der Waals surface area (Å²) in [5.74, 6) is 0.247. The van der Waals surface area contributed by atoms with E-state index in [2.05, 4.69) is 67.1 Å². The molecule has 0 saturated heterocycles. The summed E-state index contributed by atoms with van der Waals surface area (Å²) in [7, 11) is 0. The van der Waals surface area contributed by atoms with Gasteiger partial charge in [0.1, 0.15) is 6.04 Å². The van der Waals surface area contributed by atoms with E-state index >= 15 is 0 Å². The van der Waals surface area contributed by atoms with E-state index in [1.54, 1.807) is 0 Å². The van der Waals surface area contributed by atoms with Crippen LogP contribution < -0.4 is 16.0 Å². The number of amides is 2. The van der Waals surface area contributed by atoms with Crippen molar-refractivity contribution < 1.29 is 9.59 Å². The quantitative estimate of drug-likeness (QED) is 0.273. The molecular weight excluding hydrogens is 470 g/mol. The van der Waals surface area contributed by atoms with Crippen molar-refractivity contribution in [3.8, 4) is 0 Å². The number of rotatable bonds is 12. The van der Waals surface area contributed by atoms with Crippen molar-refractivity contribution in [2.24, 2.45) is 0 Å². The fraction of sp³-hybridized carbons (Fsp3) is 0.394. The summed E-state index contributed by atoms with van der Waals surface area (Å²) in [4.78, 5) is 26.2. The third-order valence-electron chi connectivity index (χ3n) is 7.29. The molecule has 0 bridgehead atoms. The molecule has 200 valence electrons. The molecule has 0 heterocycles. The number of unbranched alkanes of at least 4 members (excludes halogenated alkanes) is 1. The number of carbonyl (C=O) groups is 2. The summed E-state index contributed by atoms with van der Waals surface area (Å²) < 4.78 is 0. The lowest BCUT2D eigenvalue weighted by atomic mass is 9.86. The second kappa shape index (κ2) is 12.9. The summed E-state index contributed by atoms with van der Waals surface area (Å²) in [5.41, 5.74) is 4.19. The predicted molar refractivity (Wildman–Crippen MR) is 154 cm³/mol. The van der Waals surface area contributed by atoms with Crippen molar-refractivity contribution in [1.29, 1.82) is 0 Å². The van der Waals surface area contributed by atoms with Crippen LogP contribution in [0.1, 0.15) is 79.4 Å². The van der Waals surface area contributed by atoms with Crippen molar-refractivity contribution in [2.75, 3.05) is 6.54 Å². The molecule has 5 heteroatoms. The summed E-state index contributed by atoms with van der Waals surface area (Å²) in [5, 5.41) is 9.66. The Hall–Kier alpha value is -3.44. The molecule has 4 rings (SSSR count). The van der Waals surface area contributed by atoms with E-state index < -0.39 is 6.04 Å². The van der Waals surface area contributed by atoms with Crippen molar-refractivity contribution in [1.82, 2.24) is 16.0 Å². The molecule has 0 aliphatic heterocycles. The first-order valence-corrected chi connectivity index (χ1v) is 13.8. The lowest BCUT2D eigenvalue weighted by Crippen LogP contribution is -2.46. The van der Waals surface area contributed by atoms with Gasteiger partial charge in [0.25, 0.3) is 5.91 Å². The minimum absolute atomic E-state index is 0.0183. The number of benzene rings is 3. The average molecular weight is 512 g/mol. The summed E-state index contributed by atoms with van der Waals surface area (Å²) in [6.07, 6.45) is 3.58. The van der Waals surface area contributed by atoms with Crippen LogP contribution in [0, 0.1) is 0 Å². The molecule has 3 aromatic rings. The van der Waals surface area contributed by atoms with Gasteiger partial charge in [-0.15, -0.1) is 0 Å². The van der Waals surface area contributed by atoms with Crippen molar-refractivity contribution in [3.05, 3.63) is 107 Å². The molecular formula is C33H41N3O2. The first-order chi connectivity index (χ1) is 18.3. The van der Waals surface area contributed by atoms with Gasteiger partial charge in [-0.3, -0.25) is 9.59 Å². The van der Waals surface area contributed by atoms with Crippen LogP contribution in [-0.2, 0) is 16.8 Å². The van der Waals surface area contributed by atoms with Gasteiger partial charge in [-0.25, -0.2) is 0 Å². The van der Waals surface area contributed by atoms with E-state index in [-0.39, 0.29) is 17.2 Å². The Morgan fingerprint density at radius 1 is 0.868 bits per heavy atom. The van der Waals surface area contributed by atoms with E-state index in [1.165, 1.54) is 17.5 Å². The molecule has 1 saturated carbocycles. The molecule has 5 nitrogen and oxygen atoms in total. The SMILES string of the molecule is CC(C)(C)c1ccc(C(=O)NC(CCCCN[C@@H]2C[C@H]2c2ccccc2)C(=O)NCc2ccccc2)cc1. The zero-order valence-electron chi connectivity index (χ0n) is 22.9. The zero-order valence-corrected chi connectivity index (χ0v) is 22.9. The van der Waals surface area contributed by atoms with Gasteiger partial charge in [0.2, 0.25) is 5.91 Å². The fourth-order valence-corrected chi connectivity index (χ4v) is 4.79. The smallest absolute Gasteiger partial charge is 0.251 e. The summed E-state index contributed by atoms with van der Waals surface area (Å²) in [6, 6.07) is 28.1. The van der Waals surface area contributed by atoms with Crippen molar-refractivity contribution in [3.63, 3.8) is 0 Å². The topological polar surface area (TPSA) is 70.2 Å². The standard InChI is InChI=1S/C33H41N3O2/c1-33(2,3)27-19-17-26(18-20-27)31(37)36-29(32(38)35-23-24-12-6-4-7-13-24)16-10-11-21-34-30-22-28(30)25-14-8-5-9-15-25/h4-9,12-15,17-20,28-30,34H,10-11,16,21-23H2,1-3H3,(H,35,38)(H,36,37)/t28-,29?,30+/m0/s1. The Morgan fingerprint density at radius 3 is 2.18 bits per heavy atom. The van der Waals surface area contributed by atoms with Crippen molar-refractivity contribution in [2.45, 2.75) is 76.4 Å². The van der Waals surface area contributed by atoms with E-state index in [4.69, 9.17) is 0 Å². The molecule has 38 heavy (non-hydrogen) atoms. The second-order valence-corrected chi connectivity index (χ2v) is 11.4. The Balaban J connectivity index is 1.28. The molecule has 1 fully saturated rings. The number of carbonyl (C=O) groups excluding carboxylic acids is 2. The average Bonchev–Trinajstić information content (AvgIpc) is 3.71. The second-order valence-electron chi connectivity index (χ2n) is 11.4. The van der Waals surface area contributed by atoms with E-state index in [0.29, 0.717) is 30.5 Å². The third kappa shape index (κ3) is 8.03. The third-order valence-corrected chi connectivity index (χ3v) is 7.29. The van der Waals surface area contributed by atoms with E-state index in [0.717, 1.165) is 24.9 Å². The highest BCUT2D eigenvalue weighted by atomic mass is 16.2. The highest BCUT2D eigenvalue weighted by molar-refractivity contribution is 5.97. The van der Waals surface area contributed by atoms with Crippen LogP contribution in [0.3, 0.4) is 0 Å². The van der Waals surface area contributed by atoms with Crippen LogP contribution in [0.15, 0.2) is 84.9 Å². The van der Waals surface area contributed by atoms with Crippen molar-refractivity contribution >= 4 is 11.8 Å². The highest BCUT2D eigenvalue weighted by Gasteiger charge is 2.37. The Kier molecular flexibility index (Phi) is 9.35. The van der Waals surface area contributed by atoms with Crippen LogP contribution in [0.25, 0.3) is 0 Å². The number of hydrogen-bond acceptors (Lipinski definition) is 3. The van der Waals surface area contributed by atoms with Crippen LogP contribution in [0.4, 0.5) is 0 Å². The van der Waals surface area contributed by atoms with Crippen LogP contribution in [-0.4, -0.2) is 30.4 Å². The lowest BCUT2D eigenvalue weighted by Gasteiger charge is -2.20. The van der Waals surface area contributed by atoms with Crippen LogP contribution in [0.5, 0.6) is 0 Å².